The monoisotopic (exact) mass is 463 g/mol. The Morgan fingerprint density at radius 1 is 1.26 bits per heavy atom. The number of methoxy groups -OCH3 is 1. The van der Waals surface area contributed by atoms with Gasteiger partial charge in [0.2, 0.25) is 10.0 Å². The maximum atomic E-state index is 13.6. The highest BCUT2D eigenvalue weighted by atomic mass is 32.2. The van der Waals surface area contributed by atoms with Crippen molar-refractivity contribution in [2.45, 2.75) is 30.3 Å². The lowest BCUT2D eigenvalue weighted by Gasteiger charge is -2.16. The van der Waals surface area contributed by atoms with Gasteiger partial charge < -0.3 is 9.30 Å². The average Bonchev–Trinajstić information content (AvgIpc) is 3.54. The molecule has 0 aliphatic heterocycles. The lowest BCUT2D eigenvalue weighted by Crippen LogP contribution is -2.28. The fourth-order valence-corrected chi connectivity index (χ4v) is 5.75. The molecular weight excluding hydrogens is 441 g/mol. The molecule has 164 valence electrons. The number of thiazole rings is 1. The predicted octanol–water partition coefficient (Wildman–Crippen LogP) is 3.01. The van der Waals surface area contributed by atoms with Gasteiger partial charge in [-0.1, -0.05) is 11.3 Å². The summed E-state index contributed by atoms with van der Waals surface area (Å²) < 4.78 is 47.9. The largest absolute Gasteiger partial charge is 0.383 e. The number of carbonyl (C=O) groups is 1. The zero-order valence-electron chi connectivity index (χ0n) is 17.1. The van der Waals surface area contributed by atoms with Crippen LogP contribution in [0.1, 0.15) is 23.2 Å². The quantitative estimate of drug-likeness (QED) is 0.540. The first kappa shape index (κ1) is 21.8. The van der Waals surface area contributed by atoms with Crippen LogP contribution in [0, 0.1) is 5.82 Å². The molecule has 0 bridgehead atoms. The van der Waals surface area contributed by atoms with Crippen molar-refractivity contribution >= 4 is 37.5 Å². The highest BCUT2D eigenvalue weighted by Gasteiger charge is 2.35. The zero-order chi connectivity index (χ0) is 22.2. The fraction of sp³-hybridized carbons (Fsp3) is 0.333. The number of sulfonamides is 1. The Kier molecular flexibility index (Phi) is 6.07. The number of aromatic nitrogens is 1. The van der Waals surface area contributed by atoms with Crippen LogP contribution in [0.2, 0.25) is 0 Å². The van der Waals surface area contributed by atoms with Crippen LogP contribution in [0.3, 0.4) is 0 Å². The van der Waals surface area contributed by atoms with E-state index in [1.54, 1.807) is 20.2 Å². The molecule has 1 saturated carbocycles. The maximum absolute atomic E-state index is 13.6. The SMILES string of the molecule is COCCn1c(=NC(=O)c2ccc(S(=O)(=O)N(C)C3CC3)cc2)sc2cc(F)ccc21. The van der Waals surface area contributed by atoms with Crippen molar-refractivity contribution in [1.29, 1.82) is 0 Å². The molecule has 0 unspecified atom stereocenters. The summed E-state index contributed by atoms with van der Waals surface area (Å²) >= 11 is 1.21. The van der Waals surface area contributed by atoms with Gasteiger partial charge >= 0.3 is 0 Å². The Balaban J connectivity index is 1.66. The highest BCUT2D eigenvalue weighted by molar-refractivity contribution is 7.89. The van der Waals surface area contributed by atoms with Crippen LogP contribution in [0.15, 0.2) is 52.4 Å². The van der Waals surface area contributed by atoms with E-state index < -0.39 is 15.9 Å². The van der Waals surface area contributed by atoms with E-state index in [1.165, 1.54) is 52.0 Å². The van der Waals surface area contributed by atoms with Gasteiger partial charge in [-0.25, -0.2) is 12.8 Å². The van der Waals surface area contributed by atoms with Crippen LogP contribution in [0.25, 0.3) is 10.2 Å². The summed E-state index contributed by atoms with van der Waals surface area (Å²) in [5.41, 5.74) is 1.04. The van der Waals surface area contributed by atoms with Crippen molar-refractivity contribution in [3.63, 3.8) is 0 Å². The lowest BCUT2D eigenvalue weighted by atomic mass is 10.2. The first-order valence-electron chi connectivity index (χ1n) is 9.76. The van der Waals surface area contributed by atoms with E-state index in [0.29, 0.717) is 22.7 Å². The van der Waals surface area contributed by atoms with Crippen molar-refractivity contribution < 1.29 is 22.3 Å². The van der Waals surface area contributed by atoms with Crippen LogP contribution in [-0.4, -0.2) is 50.0 Å². The highest BCUT2D eigenvalue weighted by Crippen LogP contribution is 2.30. The molecule has 3 aromatic rings. The van der Waals surface area contributed by atoms with Crippen LogP contribution in [0.5, 0.6) is 0 Å². The molecule has 0 atom stereocenters. The molecule has 4 rings (SSSR count). The van der Waals surface area contributed by atoms with Gasteiger partial charge in [0.05, 0.1) is 21.7 Å². The number of benzene rings is 2. The fourth-order valence-electron chi connectivity index (χ4n) is 3.25. The van der Waals surface area contributed by atoms with Crippen LogP contribution >= 0.6 is 11.3 Å². The van der Waals surface area contributed by atoms with E-state index in [4.69, 9.17) is 4.74 Å². The van der Waals surface area contributed by atoms with Gasteiger partial charge in [0, 0.05) is 32.3 Å². The number of amides is 1. The van der Waals surface area contributed by atoms with E-state index in [9.17, 15) is 17.6 Å². The minimum atomic E-state index is -3.58. The molecule has 2 aromatic carbocycles. The Morgan fingerprint density at radius 2 is 1.97 bits per heavy atom. The summed E-state index contributed by atoms with van der Waals surface area (Å²) in [5, 5.41) is 0. The van der Waals surface area contributed by atoms with Crippen molar-refractivity contribution in [2.24, 2.45) is 4.99 Å². The summed E-state index contributed by atoms with van der Waals surface area (Å²) in [6.07, 6.45) is 1.74. The third-order valence-corrected chi connectivity index (χ3v) is 8.17. The molecule has 1 aliphatic rings. The second-order valence-electron chi connectivity index (χ2n) is 7.33. The number of hydrogen-bond donors (Lipinski definition) is 0. The van der Waals surface area contributed by atoms with E-state index >= 15 is 0 Å². The second kappa shape index (κ2) is 8.62. The van der Waals surface area contributed by atoms with Crippen LogP contribution in [0.4, 0.5) is 4.39 Å². The van der Waals surface area contributed by atoms with Crippen molar-refractivity contribution in [1.82, 2.24) is 8.87 Å². The number of nitrogens with zero attached hydrogens (tertiary/aromatic N) is 3. The lowest BCUT2D eigenvalue weighted by molar-refractivity contribution is 0.0997. The topological polar surface area (TPSA) is 81.0 Å². The van der Waals surface area contributed by atoms with Gasteiger partial charge in [-0.3, -0.25) is 4.79 Å². The molecule has 1 heterocycles. The molecule has 1 fully saturated rings. The summed E-state index contributed by atoms with van der Waals surface area (Å²) in [7, 11) is -0.425. The summed E-state index contributed by atoms with van der Waals surface area (Å²) in [6.45, 7) is 0.866. The number of fused-ring (bicyclic) bond motifs is 1. The van der Waals surface area contributed by atoms with Gasteiger partial charge in [0.1, 0.15) is 5.82 Å². The van der Waals surface area contributed by atoms with Crippen LogP contribution < -0.4 is 4.80 Å². The van der Waals surface area contributed by atoms with E-state index in [1.807, 2.05) is 4.57 Å². The first-order chi connectivity index (χ1) is 14.8. The van der Waals surface area contributed by atoms with Gasteiger partial charge in [0.15, 0.2) is 4.80 Å². The summed E-state index contributed by atoms with van der Waals surface area (Å²) in [5.74, 6) is -0.865. The van der Waals surface area contributed by atoms with Crippen molar-refractivity contribution in [2.75, 3.05) is 20.8 Å². The summed E-state index contributed by atoms with van der Waals surface area (Å²) in [4.78, 5) is 17.5. The average molecular weight is 464 g/mol. The second-order valence-corrected chi connectivity index (χ2v) is 10.3. The number of halogens is 1. The Bertz CT molecular complexity index is 1290. The summed E-state index contributed by atoms with van der Waals surface area (Å²) in [6, 6.07) is 10.3. The van der Waals surface area contributed by atoms with Gasteiger partial charge in [0.25, 0.3) is 5.91 Å². The maximum Gasteiger partial charge on any atom is 0.279 e. The Hall–Kier alpha value is -2.40. The normalized spacial score (nSPS) is 15.2. The standard InChI is InChI=1S/C21H22FN3O4S2/c1-24(16-6-7-16)31(27,28)17-8-3-14(4-9-17)20(26)23-21-25(11-12-29-2)18-10-5-15(22)13-19(18)30-21/h3-5,8-10,13,16H,6-7,11-12H2,1-2H3. The molecule has 7 nitrogen and oxygen atoms in total. The van der Waals surface area contributed by atoms with Crippen LogP contribution in [-0.2, 0) is 21.3 Å². The number of carbonyl (C=O) groups excluding carboxylic acids is 1. The Morgan fingerprint density at radius 3 is 2.61 bits per heavy atom. The molecule has 0 saturated heterocycles. The van der Waals surface area contributed by atoms with Crippen molar-refractivity contribution in [3.05, 3.63) is 58.6 Å². The van der Waals surface area contributed by atoms with Gasteiger partial charge in [-0.2, -0.15) is 9.30 Å². The molecule has 0 spiro atoms. The predicted molar refractivity (Wildman–Crippen MR) is 116 cm³/mol. The molecule has 10 heteroatoms. The van der Waals surface area contributed by atoms with E-state index in [-0.39, 0.29) is 22.3 Å². The molecule has 1 aromatic heterocycles. The van der Waals surface area contributed by atoms with Gasteiger partial charge in [-0.15, -0.1) is 0 Å². The van der Waals surface area contributed by atoms with E-state index in [2.05, 4.69) is 4.99 Å². The zero-order valence-corrected chi connectivity index (χ0v) is 18.7. The van der Waals surface area contributed by atoms with E-state index in [0.717, 1.165) is 18.4 Å². The molecular formula is C21H22FN3O4S2. The Labute approximate surface area is 183 Å². The molecule has 0 radical (unpaired) electrons. The smallest absolute Gasteiger partial charge is 0.279 e. The third-order valence-electron chi connectivity index (χ3n) is 5.20. The molecule has 1 amide bonds. The minimum Gasteiger partial charge on any atom is -0.383 e. The molecule has 0 N–H and O–H groups in total. The minimum absolute atomic E-state index is 0.0571. The van der Waals surface area contributed by atoms with Crippen molar-refractivity contribution in [3.8, 4) is 0 Å². The number of rotatable bonds is 7. The molecule has 1 aliphatic carbocycles. The third kappa shape index (κ3) is 4.47. The molecule has 31 heavy (non-hydrogen) atoms. The van der Waals surface area contributed by atoms with Gasteiger partial charge in [-0.05, 0) is 55.3 Å². The first-order valence-corrected chi connectivity index (χ1v) is 12.0. The number of ether oxygens (including phenoxy) is 1. The number of hydrogen-bond acceptors (Lipinski definition) is 5.